The third kappa shape index (κ3) is 1.84. The van der Waals surface area contributed by atoms with Crippen molar-refractivity contribution in [1.82, 2.24) is 0 Å². The predicted octanol–water partition coefficient (Wildman–Crippen LogP) is 2.14. The van der Waals surface area contributed by atoms with Crippen LogP contribution in [0, 0.1) is 24.0 Å². The van der Waals surface area contributed by atoms with Crippen molar-refractivity contribution in [2.45, 2.75) is 20.5 Å². The second-order valence-electron chi connectivity index (χ2n) is 2.97. The maximum Gasteiger partial charge on any atom is 0.275 e. The van der Waals surface area contributed by atoms with Gasteiger partial charge in [-0.05, 0) is 31.0 Å². The molecule has 0 saturated carbocycles. The third-order valence-electron chi connectivity index (χ3n) is 2.05. The molecule has 13 heavy (non-hydrogen) atoms. The molecule has 0 N–H and O–H groups in total. The second-order valence-corrected chi connectivity index (χ2v) is 2.97. The Morgan fingerprint density at radius 2 is 1.85 bits per heavy atom. The van der Waals surface area contributed by atoms with Gasteiger partial charge in [0.15, 0.2) is 0 Å². The number of nitro groups is 1. The lowest BCUT2D eigenvalue weighted by Gasteiger charge is -2.03. The fraction of sp³-hybridized carbons (Fsp3) is 0.333. The summed E-state index contributed by atoms with van der Waals surface area (Å²) < 4.78 is 0. The summed E-state index contributed by atoms with van der Waals surface area (Å²) in [6.07, 6.45) is 0. The van der Waals surface area contributed by atoms with Gasteiger partial charge in [-0.1, -0.05) is 0 Å². The lowest BCUT2D eigenvalue weighted by atomic mass is 10.0. The zero-order valence-electron chi connectivity index (χ0n) is 7.53. The van der Waals surface area contributed by atoms with Crippen molar-refractivity contribution in [3.63, 3.8) is 0 Å². The molecule has 0 aromatic heterocycles. The lowest BCUT2D eigenvalue weighted by molar-refractivity contribution is -0.386. The van der Waals surface area contributed by atoms with Gasteiger partial charge in [0.2, 0.25) is 0 Å². The maximum atomic E-state index is 10.6. The number of hydrogen-bond acceptors (Lipinski definition) is 2. The van der Waals surface area contributed by atoms with Gasteiger partial charge in [-0.2, -0.15) is 0 Å². The van der Waals surface area contributed by atoms with Gasteiger partial charge in [0.1, 0.15) is 6.61 Å². The topological polar surface area (TPSA) is 63.0 Å². The van der Waals surface area contributed by atoms with E-state index in [1.165, 1.54) is 6.07 Å². The number of aryl methyl sites for hydroxylation is 2. The van der Waals surface area contributed by atoms with Gasteiger partial charge < -0.3 is 0 Å². The average Bonchev–Trinajstić information content (AvgIpc) is 2.08. The molecular formula is C9H10NO3. The Bertz CT molecular complexity index is 347. The van der Waals surface area contributed by atoms with Crippen LogP contribution in [0.2, 0.25) is 0 Å². The predicted molar refractivity (Wildman–Crippen MR) is 47.0 cm³/mol. The van der Waals surface area contributed by atoms with Crippen molar-refractivity contribution in [2.24, 2.45) is 0 Å². The summed E-state index contributed by atoms with van der Waals surface area (Å²) in [5, 5.41) is 21.1. The largest absolute Gasteiger partial charge is 0.275 e. The highest BCUT2D eigenvalue weighted by Crippen LogP contribution is 2.22. The van der Waals surface area contributed by atoms with E-state index in [0.29, 0.717) is 0 Å². The Hall–Kier alpha value is -1.42. The molecule has 1 radical (unpaired) electrons. The van der Waals surface area contributed by atoms with E-state index in [2.05, 4.69) is 0 Å². The Labute approximate surface area is 76.0 Å². The minimum Gasteiger partial charge on any atom is -0.258 e. The van der Waals surface area contributed by atoms with Gasteiger partial charge in [0.05, 0.1) is 10.5 Å². The normalized spacial score (nSPS) is 10.1. The number of benzene rings is 1. The van der Waals surface area contributed by atoms with E-state index in [1.54, 1.807) is 13.0 Å². The van der Waals surface area contributed by atoms with Crippen molar-refractivity contribution in [1.29, 1.82) is 0 Å². The van der Waals surface area contributed by atoms with Crippen LogP contribution in [-0.2, 0) is 11.7 Å². The summed E-state index contributed by atoms with van der Waals surface area (Å²) in [6, 6.07) is 3.03. The van der Waals surface area contributed by atoms with Gasteiger partial charge in [-0.15, -0.1) is 0 Å². The first-order valence-electron chi connectivity index (χ1n) is 3.89. The second kappa shape index (κ2) is 3.53. The lowest BCUT2D eigenvalue weighted by Crippen LogP contribution is -1.97. The van der Waals surface area contributed by atoms with E-state index in [0.717, 1.165) is 11.1 Å². The zero-order valence-corrected chi connectivity index (χ0v) is 7.53. The van der Waals surface area contributed by atoms with Crippen molar-refractivity contribution in [2.75, 3.05) is 0 Å². The Morgan fingerprint density at radius 1 is 1.31 bits per heavy atom. The van der Waals surface area contributed by atoms with E-state index in [9.17, 15) is 15.2 Å². The molecule has 0 unspecified atom stereocenters. The highest BCUT2D eigenvalue weighted by molar-refractivity contribution is 5.46. The molecule has 4 nitrogen and oxygen atoms in total. The smallest absolute Gasteiger partial charge is 0.258 e. The van der Waals surface area contributed by atoms with E-state index in [-0.39, 0.29) is 11.3 Å². The molecule has 1 aromatic rings. The standard InChI is InChI=1S/C9H10NO3/c1-6-3-8(5-11)9(10(12)13)4-7(6)2/h3-4H,5H2,1-2H3. The van der Waals surface area contributed by atoms with Crippen LogP contribution < -0.4 is 0 Å². The quantitative estimate of drug-likeness (QED) is 0.517. The molecule has 0 heterocycles. The highest BCUT2D eigenvalue weighted by atomic mass is 16.6. The molecule has 0 aliphatic heterocycles. The van der Waals surface area contributed by atoms with Gasteiger partial charge >= 0.3 is 0 Å². The molecule has 0 bridgehead atoms. The van der Waals surface area contributed by atoms with Crippen LogP contribution in [0.15, 0.2) is 12.1 Å². The Balaban J connectivity index is 3.33. The summed E-state index contributed by atoms with van der Waals surface area (Å²) >= 11 is 0. The molecule has 0 fully saturated rings. The highest BCUT2D eigenvalue weighted by Gasteiger charge is 2.14. The van der Waals surface area contributed by atoms with Crippen molar-refractivity contribution in [3.05, 3.63) is 38.9 Å². The number of rotatable bonds is 2. The van der Waals surface area contributed by atoms with Crippen molar-refractivity contribution in [3.8, 4) is 0 Å². The van der Waals surface area contributed by atoms with Crippen LogP contribution in [0.4, 0.5) is 5.69 Å². The molecule has 69 valence electrons. The van der Waals surface area contributed by atoms with Gasteiger partial charge in [-0.3, -0.25) is 10.1 Å². The molecular weight excluding hydrogens is 170 g/mol. The molecule has 1 aromatic carbocycles. The Kier molecular flexibility index (Phi) is 2.63. The van der Waals surface area contributed by atoms with E-state index >= 15 is 0 Å². The van der Waals surface area contributed by atoms with Crippen LogP contribution >= 0.6 is 0 Å². The molecule has 0 atom stereocenters. The number of nitro benzene ring substituents is 1. The van der Waals surface area contributed by atoms with Crippen LogP contribution in [0.3, 0.4) is 0 Å². The summed E-state index contributed by atoms with van der Waals surface area (Å²) in [5.41, 5.74) is 1.94. The number of hydrogen-bond donors (Lipinski definition) is 0. The molecule has 0 amide bonds. The van der Waals surface area contributed by atoms with Crippen LogP contribution in [0.5, 0.6) is 0 Å². The SMILES string of the molecule is Cc1cc(C[O])c([N+](=O)[O-])cc1C. The maximum absolute atomic E-state index is 10.6. The van der Waals surface area contributed by atoms with Crippen LogP contribution in [0.25, 0.3) is 0 Å². The first-order valence-corrected chi connectivity index (χ1v) is 3.89. The minimum absolute atomic E-state index is 0.0712. The van der Waals surface area contributed by atoms with Crippen LogP contribution in [-0.4, -0.2) is 4.92 Å². The molecule has 0 spiro atoms. The average molecular weight is 180 g/mol. The molecule has 0 aliphatic rings. The fourth-order valence-electron chi connectivity index (χ4n) is 1.15. The first kappa shape index (κ1) is 9.67. The van der Waals surface area contributed by atoms with Crippen LogP contribution in [0.1, 0.15) is 16.7 Å². The summed E-state index contributed by atoms with van der Waals surface area (Å²) in [7, 11) is 0. The van der Waals surface area contributed by atoms with Gasteiger partial charge in [0, 0.05) is 6.07 Å². The molecule has 0 saturated heterocycles. The number of nitrogens with zero attached hydrogens (tertiary/aromatic N) is 1. The summed E-state index contributed by atoms with van der Waals surface area (Å²) in [4.78, 5) is 10.00. The van der Waals surface area contributed by atoms with Crippen molar-refractivity contribution < 1.29 is 10.0 Å². The monoisotopic (exact) mass is 180 g/mol. The minimum atomic E-state index is -0.544. The molecule has 0 aliphatic carbocycles. The fourth-order valence-corrected chi connectivity index (χ4v) is 1.15. The molecule has 4 heteroatoms. The van der Waals surface area contributed by atoms with E-state index in [1.807, 2.05) is 6.92 Å². The summed E-state index contributed by atoms with van der Waals surface area (Å²) in [6.45, 7) is 3.08. The molecule has 1 rings (SSSR count). The van der Waals surface area contributed by atoms with Crippen molar-refractivity contribution >= 4 is 5.69 Å². The zero-order chi connectivity index (χ0) is 10.0. The first-order chi connectivity index (χ1) is 6.06. The summed E-state index contributed by atoms with van der Waals surface area (Å²) in [5.74, 6) is 0. The van der Waals surface area contributed by atoms with E-state index < -0.39 is 11.5 Å². The van der Waals surface area contributed by atoms with E-state index in [4.69, 9.17) is 0 Å². The Morgan fingerprint density at radius 3 is 2.31 bits per heavy atom. The van der Waals surface area contributed by atoms with Gasteiger partial charge in [0.25, 0.3) is 5.69 Å². The third-order valence-corrected chi connectivity index (χ3v) is 2.05. The van der Waals surface area contributed by atoms with Gasteiger partial charge in [-0.25, -0.2) is 5.11 Å².